The molecule has 0 saturated heterocycles. The van der Waals surface area contributed by atoms with E-state index in [4.69, 9.17) is 4.43 Å². The molecule has 0 atom stereocenters. The summed E-state index contributed by atoms with van der Waals surface area (Å²) in [6.45, 7) is 14.8. The van der Waals surface area contributed by atoms with Crippen molar-refractivity contribution in [1.29, 1.82) is 0 Å². The number of fused-ring (bicyclic) bond motifs is 1. The smallest absolute Gasteiger partial charge is 0.189 e. The molecule has 1 heterocycles. The van der Waals surface area contributed by atoms with E-state index < -0.39 is 27.0 Å². The highest BCUT2D eigenvalue weighted by Gasteiger charge is 2.25. The van der Waals surface area contributed by atoms with Crippen molar-refractivity contribution in [1.82, 2.24) is 4.57 Å². The van der Waals surface area contributed by atoms with E-state index >= 15 is 8.78 Å². The molecule has 172 valence electrons. The molecule has 3 nitrogen and oxygen atoms in total. The van der Waals surface area contributed by atoms with Gasteiger partial charge in [0, 0.05) is 18.3 Å². The van der Waals surface area contributed by atoms with E-state index in [-0.39, 0.29) is 26.9 Å². The molecule has 3 aromatic rings. The number of aromatic nitrogens is 1. The van der Waals surface area contributed by atoms with Crippen molar-refractivity contribution in [2.45, 2.75) is 72.1 Å². The molecule has 0 aliphatic rings. The van der Waals surface area contributed by atoms with E-state index in [9.17, 15) is 4.79 Å². The van der Waals surface area contributed by atoms with Crippen LogP contribution in [0.15, 0.2) is 41.2 Å². The van der Waals surface area contributed by atoms with Crippen LogP contribution in [0, 0.1) is 11.6 Å². The van der Waals surface area contributed by atoms with E-state index in [1.54, 1.807) is 16.7 Å². The second-order valence-electron chi connectivity index (χ2n) is 9.98. The van der Waals surface area contributed by atoms with Gasteiger partial charge in [-0.05, 0) is 49.4 Å². The van der Waals surface area contributed by atoms with Gasteiger partial charge in [0.15, 0.2) is 21.0 Å². The Balaban J connectivity index is 2.11. The van der Waals surface area contributed by atoms with Crippen LogP contribution in [0.25, 0.3) is 22.0 Å². The molecule has 3 rings (SSSR count). The Hall–Kier alpha value is -2.31. The zero-order chi connectivity index (χ0) is 23.8. The van der Waals surface area contributed by atoms with Crippen molar-refractivity contribution in [3.8, 4) is 11.1 Å². The van der Waals surface area contributed by atoms with Crippen LogP contribution in [0.4, 0.5) is 8.78 Å². The first kappa shape index (κ1) is 24.3. The molecule has 0 fully saturated rings. The Morgan fingerprint density at radius 3 is 2.16 bits per heavy atom. The van der Waals surface area contributed by atoms with E-state index in [2.05, 4.69) is 20.8 Å². The van der Waals surface area contributed by atoms with Crippen LogP contribution in [-0.4, -0.2) is 14.3 Å². The third kappa shape index (κ3) is 4.71. The maximum Gasteiger partial charge on any atom is 0.189 e. The van der Waals surface area contributed by atoms with Gasteiger partial charge in [0.1, 0.15) is 5.82 Å². The average Bonchev–Trinajstić information content (AvgIpc) is 2.72. The minimum absolute atomic E-state index is 0.0705. The van der Waals surface area contributed by atoms with Gasteiger partial charge in [-0.2, -0.15) is 0 Å². The Kier molecular flexibility index (Phi) is 6.77. The molecule has 0 aliphatic carbocycles. The number of nitrogens with zero attached hydrogens (tertiary/aromatic N) is 1. The molecule has 0 saturated carbocycles. The van der Waals surface area contributed by atoms with Crippen molar-refractivity contribution >= 4 is 20.7 Å². The largest absolute Gasteiger partial charge is 0.415 e. The lowest BCUT2D eigenvalue weighted by Crippen LogP contribution is -2.27. The van der Waals surface area contributed by atoms with Crippen LogP contribution in [0.3, 0.4) is 0 Å². The van der Waals surface area contributed by atoms with Crippen LogP contribution in [0.5, 0.6) is 0 Å². The summed E-state index contributed by atoms with van der Waals surface area (Å²) in [4.78, 5) is 12.5. The Labute approximate surface area is 191 Å². The van der Waals surface area contributed by atoms with Gasteiger partial charge in [-0.1, -0.05) is 52.0 Å². The summed E-state index contributed by atoms with van der Waals surface area (Å²) in [6.07, 6.45) is 0.590. The minimum atomic E-state index is -0.765. The SMILES string of the molecule is CCc1cc(=O)c2cc(F)c(-c3ccc(C(C)(C)O[SiH2]C(C)(C)C)cc3)c(F)c2n1CC. The lowest BCUT2D eigenvalue weighted by Gasteiger charge is -2.30. The lowest BCUT2D eigenvalue weighted by atomic mass is 9.94. The van der Waals surface area contributed by atoms with Gasteiger partial charge in [0.05, 0.1) is 22.1 Å². The third-order valence-electron chi connectivity index (χ3n) is 5.79. The fourth-order valence-corrected chi connectivity index (χ4v) is 4.91. The number of hydrogen-bond donors (Lipinski definition) is 0. The summed E-state index contributed by atoms with van der Waals surface area (Å²) in [5.41, 5.74) is 1.35. The zero-order valence-electron chi connectivity index (χ0n) is 20.1. The van der Waals surface area contributed by atoms with E-state index in [0.717, 1.165) is 17.3 Å². The summed E-state index contributed by atoms with van der Waals surface area (Å²) >= 11 is 0. The highest BCUT2D eigenvalue weighted by molar-refractivity contribution is 6.31. The van der Waals surface area contributed by atoms with Gasteiger partial charge in [-0.3, -0.25) is 4.79 Å². The summed E-state index contributed by atoms with van der Waals surface area (Å²) in [6, 6.07) is 9.82. The van der Waals surface area contributed by atoms with Gasteiger partial charge in [0.25, 0.3) is 0 Å². The Morgan fingerprint density at radius 1 is 1.00 bits per heavy atom. The molecular weight excluding hydrogens is 424 g/mol. The van der Waals surface area contributed by atoms with Crippen molar-refractivity contribution in [3.63, 3.8) is 0 Å². The number of hydrogen-bond acceptors (Lipinski definition) is 2. The molecule has 0 bridgehead atoms. The van der Waals surface area contributed by atoms with E-state index in [1.165, 1.54) is 6.07 Å². The van der Waals surface area contributed by atoms with Gasteiger partial charge in [-0.15, -0.1) is 0 Å². The van der Waals surface area contributed by atoms with Crippen LogP contribution < -0.4 is 5.43 Å². The summed E-state index contributed by atoms with van der Waals surface area (Å²) in [5.74, 6) is -1.43. The summed E-state index contributed by atoms with van der Waals surface area (Å²) in [5, 5.41) is 0.238. The van der Waals surface area contributed by atoms with E-state index in [0.29, 0.717) is 18.5 Å². The van der Waals surface area contributed by atoms with Crippen molar-refractivity contribution in [3.05, 3.63) is 69.5 Å². The molecule has 32 heavy (non-hydrogen) atoms. The predicted octanol–water partition coefficient (Wildman–Crippen LogP) is 6.08. The molecular formula is C26H33F2NO2Si. The molecule has 0 aliphatic heterocycles. The Bertz CT molecular complexity index is 1190. The number of benzene rings is 2. The molecule has 0 radical (unpaired) electrons. The molecule has 1 aromatic heterocycles. The first-order valence-electron chi connectivity index (χ1n) is 11.2. The highest BCUT2D eigenvalue weighted by Crippen LogP contribution is 2.34. The van der Waals surface area contributed by atoms with Crippen LogP contribution >= 0.6 is 0 Å². The van der Waals surface area contributed by atoms with Crippen molar-refractivity contribution in [2.75, 3.05) is 0 Å². The fraction of sp³-hybridized carbons (Fsp3) is 0.423. The van der Waals surface area contributed by atoms with Gasteiger partial charge in [0.2, 0.25) is 0 Å². The number of pyridine rings is 1. The van der Waals surface area contributed by atoms with Gasteiger partial charge < -0.3 is 8.99 Å². The molecule has 6 heteroatoms. The molecule has 0 N–H and O–H groups in total. The maximum atomic E-state index is 15.7. The molecule has 2 aromatic carbocycles. The van der Waals surface area contributed by atoms with Gasteiger partial charge in [-0.25, -0.2) is 8.78 Å². The lowest BCUT2D eigenvalue weighted by molar-refractivity contribution is 0.109. The number of rotatable bonds is 6. The van der Waals surface area contributed by atoms with Crippen molar-refractivity contribution in [2.24, 2.45) is 0 Å². The summed E-state index contributed by atoms with van der Waals surface area (Å²) < 4.78 is 38.8. The fourth-order valence-electron chi connectivity index (χ4n) is 3.95. The highest BCUT2D eigenvalue weighted by atomic mass is 28.2. The monoisotopic (exact) mass is 457 g/mol. The molecule has 0 spiro atoms. The summed E-state index contributed by atoms with van der Waals surface area (Å²) in [7, 11) is -0.765. The first-order chi connectivity index (χ1) is 14.9. The molecule has 0 unspecified atom stereocenters. The average molecular weight is 458 g/mol. The maximum absolute atomic E-state index is 15.7. The van der Waals surface area contributed by atoms with E-state index in [1.807, 2.05) is 39.8 Å². The number of aryl methyl sites for hydroxylation is 2. The second-order valence-corrected chi connectivity index (χ2v) is 12.7. The second kappa shape index (κ2) is 8.91. The first-order valence-corrected chi connectivity index (χ1v) is 12.5. The standard InChI is InChI=1S/C26H33F2NO2Si/c1-8-18-14-21(30)19-15-20(27)22(23(28)24(19)29(18)9-2)16-10-12-17(13-11-16)26(6,7)31-32-25(3,4)5/h10-15H,8-9,32H2,1-7H3. The van der Waals surface area contributed by atoms with Gasteiger partial charge >= 0.3 is 0 Å². The number of halogens is 2. The van der Waals surface area contributed by atoms with Crippen LogP contribution in [-0.2, 0) is 23.0 Å². The quantitative estimate of drug-likeness (QED) is 0.420. The molecule has 0 amide bonds. The Morgan fingerprint density at radius 2 is 1.62 bits per heavy atom. The zero-order valence-corrected chi connectivity index (χ0v) is 21.5. The predicted molar refractivity (Wildman–Crippen MR) is 131 cm³/mol. The topological polar surface area (TPSA) is 31.2 Å². The minimum Gasteiger partial charge on any atom is -0.415 e. The van der Waals surface area contributed by atoms with Crippen molar-refractivity contribution < 1.29 is 13.2 Å². The normalized spacial score (nSPS) is 12.9. The third-order valence-corrected chi connectivity index (χ3v) is 7.52. The van der Waals surface area contributed by atoms with Crippen LogP contribution in [0.1, 0.15) is 59.7 Å². The van der Waals surface area contributed by atoms with Crippen LogP contribution in [0.2, 0.25) is 5.04 Å².